The molecule has 0 aliphatic carbocycles. The summed E-state index contributed by atoms with van der Waals surface area (Å²) in [5.74, 6) is 1.27. The fourth-order valence-corrected chi connectivity index (χ4v) is 2.53. The largest absolute Gasteiger partial charge is 0.493 e. The highest BCUT2D eigenvalue weighted by molar-refractivity contribution is 14.0. The van der Waals surface area contributed by atoms with Gasteiger partial charge in [0.2, 0.25) is 5.91 Å². The van der Waals surface area contributed by atoms with Crippen LogP contribution in [-0.2, 0) is 11.3 Å². The van der Waals surface area contributed by atoms with Gasteiger partial charge in [0.15, 0.2) is 17.5 Å². The van der Waals surface area contributed by atoms with Gasteiger partial charge in [0.1, 0.15) is 6.54 Å². The van der Waals surface area contributed by atoms with Crippen molar-refractivity contribution in [2.45, 2.75) is 13.5 Å². The van der Waals surface area contributed by atoms with Crippen LogP contribution in [0.4, 0.5) is 5.69 Å². The third-order valence-corrected chi connectivity index (χ3v) is 3.99. The van der Waals surface area contributed by atoms with Crippen LogP contribution in [0.15, 0.2) is 53.5 Å². The third kappa shape index (κ3) is 6.91. The van der Waals surface area contributed by atoms with Gasteiger partial charge in [-0.1, -0.05) is 30.3 Å². The van der Waals surface area contributed by atoms with Crippen LogP contribution < -0.4 is 20.5 Å². The summed E-state index contributed by atoms with van der Waals surface area (Å²) in [5.41, 5.74) is 7.68. The monoisotopic (exact) mass is 498 g/mol. The number of hydrogen-bond acceptors (Lipinski definition) is 4. The van der Waals surface area contributed by atoms with E-state index in [2.05, 4.69) is 10.3 Å². The average Bonchev–Trinajstić information content (AvgIpc) is 2.70. The summed E-state index contributed by atoms with van der Waals surface area (Å²) in [7, 11) is 3.13. The van der Waals surface area contributed by atoms with Gasteiger partial charge in [0.05, 0.1) is 14.2 Å². The van der Waals surface area contributed by atoms with Crippen LogP contribution in [0.1, 0.15) is 12.5 Å². The summed E-state index contributed by atoms with van der Waals surface area (Å²) in [4.78, 5) is 18.3. The number of halogens is 1. The van der Waals surface area contributed by atoms with Gasteiger partial charge < -0.3 is 25.4 Å². The highest BCUT2D eigenvalue weighted by Crippen LogP contribution is 2.29. The summed E-state index contributed by atoms with van der Waals surface area (Å²) in [6.07, 6.45) is 0. The second kappa shape index (κ2) is 12.1. The molecule has 0 aromatic heterocycles. The molecule has 0 fully saturated rings. The molecule has 0 bridgehead atoms. The molecule has 0 atom stereocenters. The lowest BCUT2D eigenvalue weighted by atomic mass is 10.2. The van der Waals surface area contributed by atoms with Crippen LogP contribution in [0.2, 0.25) is 0 Å². The number of amides is 1. The lowest BCUT2D eigenvalue weighted by Crippen LogP contribution is -2.33. The van der Waals surface area contributed by atoms with E-state index in [-0.39, 0.29) is 42.4 Å². The molecule has 2 aromatic rings. The molecule has 0 aliphatic heterocycles. The first-order valence-electron chi connectivity index (χ1n) is 8.68. The van der Waals surface area contributed by atoms with Gasteiger partial charge in [-0.25, -0.2) is 4.99 Å². The highest BCUT2D eigenvalue weighted by Gasteiger charge is 2.12. The van der Waals surface area contributed by atoms with Gasteiger partial charge in [-0.3, -0.25) is 4.79 Å². The molecule has 0 aliphatic rings. The quantitative estimate of drug-likeness (QED) is 0.332. The van der Waals surface area contributed by atoms with Gasteiger partial charge in [-0.2, -0.15) is 0 Å². The molecular formula is C20H27IN4O3. The maximum absolute atomic E-state index is 12.4. The normalized spacial score (nSPS) is 10.6. The van der Waals surface area contributed by atoms with E-state index in [1.807, 2.05) is 37.3 Å². The summed E-state index contributed by atoms with van der Waals surface area (Å²) in [6, 6.07) is 15.1. The van der Waals surface area contributed by atoms with Gasteiger partial charge in [-0.15, -0.1) is 24.0 Å². The number of guanidine groups is 1. The van der Waals surface area contributed by atoms with E-state index >= 15 is 0 Å². The Morgan fingerprint density at radius 1 is 1.11 bits per heavy atom. The number of carbonyl (C=O) groups excluding carboxylic acids is 1. The van der Waals surface area contributed by atoms with Crippen LogP contribution in [0, 0.1) is 0 Å². The van der Waals surface area contributed by atoms with Crippen molar-refractivity contribution in [3.63, 3.8) is 0 Å². The lowest BCUT2D eigenvalue weighted by Gasteiger charge is -2.20. The smallest absolute Gasteiger partial charge is 0.244 e. The van der Waals surface area contributed by atoms with Crippen molar-refractivity contribution in [2.75, 3.05) is 32.6 Å². The minimum atomic E-state index is -0.0848. The van der Waals surface area contributed by atoms with Crippen molar-refractivity contribution in [1.29, 1.82) is 0 Å². The number of anilines is 1. The standard InChI is InChI=1S/C20H26N4O3.HI/c1-4-24(14-15-8-6-5-7-9-15)19(25)13-22-20(21)23-16-10-11-17(26-2)18(12-16)27-3;/h5-12H,4,13-14H2,1-3H3,(H3,21,22,23);1H. The Hall–Kier alpha value is -2.49. The van der Waals surface area contributed by atoms with Crippen molar-refractivity contribution in [1.82, 2.24) is 4.90 Å². The maximum atomic E-state index is 12.4. The Morgan fingerprint density at radius 2 is 1.79 bits per heavy atom. The number of likely N-dealkylation sites (N-methyl/N-ethyl adjacent to an activating group) is 1. The number of benzene rings is 2. The van der Waals surface area contributed by atoms with E-state index < -0.39 is 0 Å². The number of nitrogens with two attached hydrogens (primary N) is 1. The molecule has 8 heteroatoms. The number of carbonyl (C=O) groups is 1. The Labute approximate surface area is 182 Å². The van der Waals surface area contributed by atoms with Crippen molar-refractivity contribution < 1.29 is 14.3 Å². The second-order valence-corrected chi connectivity index (χ2v) is 5.79. The molecule has 0 saturated carbocycles. The van der Waals surface area contributed by atoms with E-state index in [1.165, 1.54) is 0 Å². The Kier molecular flexibility index (Phi) is 10.1. The first kappa shape index (κ1) is 23.5. The van der Waals surface area contributed by atoms with Crippen LogP contribution in [0.25, 0.3) is 0 Å². The Morgan fingerprint density at radius 3 is 2.39 bits per heavy atom. The first-order chi connectivity index (χ1) is 13.1. The number of nitrogens with zero attached hydrogens (tertiary/aromatic N) is 2. The number of rotatable bonds is 8. The van der Waals surface area contributed by atoms with Gasteiger partial charge in [-0.05, 0) is 24.6 Å². The number of nitrogens with one attached hydrogen (secondary N) is 1. The molecule has 2 aromatic carbocycles. The van der Waals surface area contributed by atoms with E-state index in [0.717, 1.165) is 5.56 Å². The van der Waals surface area contributed by atoms with Crippen LogP contribution in [0.3, 0.4) is 0 Å². The number of aliphatic imine (C=N–C) groups is 1. The zero-order chi connectivity index (χ0) is 19.6. The fourth-order valence-electron chi connectivity index (χ4n) is 2.53. The SMILES string of the molecule is CCN(Cc1ccccc1)C(=O)CN=C(N)Nc1ccc(OC)c(OC)c1.I. The minimum Gasteiger partial charge on any atom is -0.493 e. The van der Waals surface area contributed by atoms with Crippen LogP contribution in [-0.4, -0.2) is 44.1 Å². The molecule has 1 amide bonds. The molecule has 0 unspecified atom stereocenters. The highest BCUT2D eigenvalue weighted by atomic mass is 127. The molecule has 0 saturated heterocycles. The van der Waals surface area contributed by atoms with Crippen molar-refractivity contribution in [3.8, 4) is 11.5 Å². The number of methoxy groups -OCH3 is 2. The predicted octanol–water partition coefficient (Wildman–Crippen LogP) is 3.10. The average molecular weight is 498 g/mol. The van der Waals surface area contributed by atoms with Crippen molar-refractivity contribution >= 4 is 41.5 Å². The van der Waals surface area contributed by atoms with Gasteiger partial charge in [0.25, 0.3) is 0 Å². The molecule has 152 valence electrons. The lowest BCUT2D eigenvalue weighted by molar-refractivity contribution is -0.130. The van der Waals surface area contributed by atoms with Gasteiger partial charge in [0, 0.05) is 24.8 Å². The molecule has 0 spiro atoms. The van der Waals surface area contributed by atoms with E-state index in [9.17, 15) is 4.79 Å². The fraction of sp³-hybridized carbons (Fsp3) is 0.300. The molecule has 2 rings (SSSR count). The van der Waals surface area contributed by atoms with E-state index in [4.69, 9.17) is 15.2 Å². The molecule has 0 heterocycles. The van der Waals surface area contributed by atoms with Crippen LogP contribution >= 0.6 is 24.0 Å². The zero-order valence-corrected chi connectivity index (χ0v) is 18.7. The molecule has 7 nitrogen and oxygen atoms in total. The summed E-state index contributed by atoms with van der Waals surface area (Å²) >= 11 is 0. The maximum Gasteiger partial charge on any atom is 0.244 e. The molecule has 0 radical (unpaired) electrons. The number of hydrogen-bond donors (Lipinski definition) is 2. The van der Waals surface area contributed by atoms with Crippen molar-refractivity contribution in [2.24, 2.45) is 10.7 Å². The summed E-state index contributed by atoms with van der Waals surface area (Å²) in [6.45, 7) is 3.07. The Balaban J connectivity index is 0.00000392. The molecular weight excluding hydrogens is 471 g/mol. The number of ether oxygens (including phenoxy) is 2. The summed E-state index contributed by atoms with van der Waals surface area (Å²) in [5, 5.41) is 2.95. The molecule has 28 heavy (non-hydrogen) atoms. The van der Waals surface area contributed by atoms with Crippen molar-refractivity contribution in [3.05, 3.63) is 54.1 Å². The van der Waals surface area contributed by atoms with E-state index in [0.29, 0.717) is 30.3 Å². The minimum absolute atomic E-state index is 0. The first-order valence-corrected chi connectivity index (χ1v) is 8.68. The van der Waals surface area contributed by atoms with Gasteiger partial charge >= 0.3 is 0 Å². The van der Waals surface area contributed by atoms with E-state index in [1.54, 1.807) is 37.3 Å². The predicted molar refractivity (Wildman–Crippen MR) is 123 cm³/mol. The van der Waals surface area contributed by atoms with Crippen LogP contribution in [0.5, 0.6) is 11.5 Å². The zero-order valence-electron chi connectivity index (χ0n) is 16.3. The summed E-state index contributed by atoms with van der Waals surface area (Å²) < 4.78 is 10.5. The second-order valence-electron chi connectivity index (χ2n) is 5.79. The molecule has 3 N–H and O–H groups in total. The third-order valence-electron chi connectivity index (χ3n) is 3.99. The topological polar surface area (TPSA) is 89.2 Å². The Bertz CT molecular complexity index is 784.